The molecule has 8 heteroatoms. The summed E-state index contributed by atoms with van der Waals surface area (Å²) in [6, 6.07) is 21.0. The highest BCUT2D eigenvalue weighted by molar-refractivity contribution is 6.01. The Bertz CT molecular complexity index is 1550. The van der Waals surface area contributed by atoms with Gasteiger partial charge in [-0.15, -0.1) is 0 Å². The van der Waals surface area contributed by atoms with E-state index in [-0.39, 0.29) is 12.0 Å². The highest BCUT2D eigenvalue weighted by Crippen LogP contribution is 2.37. The number of halogens is 1. The van der Waals surface area contributed by atoms with Gasteiger partial charge in [-0.25, -0.2) is 9.37 Å². The van der Waals surface area contributed by atoms with Crippen LogP contribution in [0.5, 0.6) is 0 Å². The Hall–Kier alpha value is -4.33. The quantitative estimate of drug-likeness (QED) is 0.329. The number of hydrogen-bond donors (Lipinski definition) is 1. The molecule has 5 rings (SSSR count). The van der Waals surface area contributed by atoms with Crippen molar-refractivity contribution in [3.05, 3.63) is 106 Å². The van der Waals surface area contributed by atoms with Crippen LogP contribution in [0.1, 0.15) is 49.6 Å². The fourth-order valence-electron chi connectivity index (χ4n) is 4.62. The van der Waals surface area contributed by atoms with E-state index in [1.807, 2.05) is 49.4 Å². The highest BCUT2D eigenvalue weighted by atomic mass is 19.1. The lowest BCUT2D eigenvalue weighted by atomic mass is 9.88. The van der Waals surface area contributed by atoms with Gasteiger partial charge in [0.05, 0.1) is 22.3 Å². The fourth-order valence-corrected chi connectivity index (χ4v) is 4.62. The summed E-state index contributed by atoms with van der Waals surface area (Å²) in [5, 5.41) is 13.7. The van der Waals surface area contributed by atoms with E-state index in [4.69, 9.17) is 14.9 Å². The Balaban J connectivity index is 1.52. The predicted molar refractivity (Wildman–Crippen MR) is 139 cm³/mol. The van der Waals surface area contributed by atoms with Crippen LogP contribution in [0.2, 0.25) is 0 Å². The molecule has 1 aliphatic rings. The summed E-state index contributed by atoms with van der Waals surface area (Å²) in [6.07, 6.45) is 2.00. The summed E-state index contributed by atoms with van der Waals surface area (Å²) in [6.45, 7) is 1.96. The number of hydrogen-bond acceptors (Lipinski definition) is 5. The molecule has 0 amide bonds. The molecule has 7 nitrogen and oxygen atoms in total. The molecule has 1 aliphatic heterocycles. The average molecular weight is 500 g/mol. The fraction of sp³-hybridized carbons (Fsp3) is 0.241. The molecule has 0 fully saturated rings. The number of carbonyl (C=O) groups is 1. The van der Waals surface area contributed by atoms with E-state index in [0.29, 0.717) is 48.1 Å². The molecule has 4 aromatic rings. The van der Waals surface area contributed by atoms with Gasteiger partial charge in [0, 0.05) is 24.8 Å². The van der Waals surface area contributed by atoms with Gasteiger partial charge < -0.3 is 9.94 Å². The van der Waals surface area contributed by atoms with Crippen LogP contribution in [0.3, 0.4) is 0 Å². The second-order valence-electron chi connectivity index (χ2n) is 9.38. The van der Waals surface area contributed by atoms with Gasteiger partial charge in [0.25, 0.3) is 5.56 Å². The molecule has 3 aromatic carbocycles. The Kier molecular flexibility index (Phi) is 6.56. The molecule has 1 aromatic heterocycles. The van der Waals surface area contributed by atoms with E-state index in [9.17, 15) is 14.0 Å². The monoisotopic (exact) mass is 499 g/mol. The molecule has 1 atom stereocenters. The van der Waals surface area contributed by atoms with Gasteiger partial charge in [-0.3, -0.25) is 14.2 Å². The van der Waals surface area contributed by atoms with Crippen LogP contribution in [0, 0.1) is 5.82 Å². The van der Waals surface area contributed by atoms with Gasteiger partial charge in [0.15, 0.2) is 5.60 Å². The van der Waals surface area contributed by atoms with E-state index in [0.717, 1.165) is 16.8 Å². The summed E-state index contributed by atoms with van der Waals surface area (Å²) < 4.78 is 15.0. The molecular formula is C29H26FN3O4. The molecule has 1 unspecified atom stereocenters. The van der Waals surface area contributed by atoms with Crippen LogP contribution in [0.25, 0.3) is 16.6 Å². The maximum Gasteiger partial charge on any atom is 0.303 e. The van der Waals surface area contributed by atoms with Gasteiger partial charge in [-0.2, -0.15) is 0 Å². The molecule has 0 saturated carbocycles. The number of nitrogens with zero attached hydrogens (tertiary/aromatic N) is 3. The van der Waals surface area contributed by atoms with Crippen LogP contribution >= 0.6 is 0 Å². The standard InChI is InChI=1S/C29H26FN3O4/c1-29(18-25(32-37-29)19-7-3-2-4-8-19)20-11-16-23-24(17-20)31-26(9-5-6-10-27(34)35)33(28(23)36)22-14-12-21(30)13-15-22/h2-4,7-8,11-17H,5-6,9-10,18H2,1H3,(H,34,35). The second-order valence-corrected chi connectivity index (χ2v) is 9.38. The minimum Gasteiger partial charge on any atom is -0.481 e. The number of aromatic nitrogens is 2. The lowest BCUT2D eigenvalue weighted by Crippen LogP contribution is -2.25. The van der Waals surface area contributed by atoms with Crippen molar-refractivity contribution >= 4 is 22.6 Å². The average Bonchev–Trinajstić information content (AvgIpc) is 3.31. The zero-order valence-corrected chi connectivity index (χ0v) is 20.4. The number of benzene rings is 3. The topological polar surface area (TPSA) is 93.8 Å². The summed E-state index contributed by atoms with van der Waals surface area (Å²) in [7, 11) is 0. The number of oxime groups is 1. The maximum atomic E-state index is 13.6. The van der Waals surface area contributed by atoms with Crippen molar-refractivity contribution in [2.45, 2.75) is 44.6 Å². The molecule has 0 spiro atoms. The third-order valence-electron chi connectivity index (χ3n) is 6.64. The summed E-state index contributed by atoms with van der Waals surface area (Å²) in [4.78, 5) is 35.3. The van der Waals surface area contributed by atoms with Crippen LogP contribution in [-0.2, 0) is 21.7 Å². The lowest BCUT2D eigenvalue weighted by Gasteiger charge is -2.22. The molecule has 0 bridgehead atoms. The van der Waals surface area contributed by atoms with Crippen molar-refractivity contribution < 1.29 is 19.1 Å². The SMILES string of the molecule is CC1(c2ccc3c(=O)n(-c4ccc(F)cc4)c(CCCCC(=O)O)nc3c2)CC(c2ccccc2)=NO1. The van der Waals surface area contributed by atoms with E-state index < -0.39 is 17.4 Å². The van der Waals surface area contributed by atoms with Crippen molar-refractivity contribution in [3.8, 4) is 5.69 Å². The Labute approximate surface area is 212 Å². The van der Waals surface area contributed by atoms with Gasteiger partial charge in [-0.1, -0.05) is 41.6 Å². The first kappa shape index (κ1) is 24.4. The first-order valence-electron chi connectivity index (χ1n) is 12.2. The summed E-state index contributed by atoms with van der Waals surface area (Å²) in [5.41, 5.74) is 2.73. The smallest absolute Gasteiger partial charge is 0.303 e. The van der Waals surface area contributed by atoms with Crippen molar-refractivity contribution in [1.82, 2.24) is 9.55 Å². The van der Waals surface area contributed by atoms with Crippen molar-refractivity contribution in [2.75, 3.05) is 0 Å². The minimum atomic E-state index is -0.867. The lowest BCUT2D eigenvalue weighted by molar-refractivity contribution is -0.137. The first-order valence-corrected chi connectivity index (χ1v) is 12.2. The summed E-state index contributed by atoms with van der Waals surface area (Å²) >= 11 is 0. The van der Waals surface area contributed by atoms with E-state index >= 15 is 0 Å². The molecular weight excluding hydrogens is 473 g/mol. The normalized spacial score (nSPS) is 17.0. The molecule has 0 aliphatic carbocycles. The first-order chi connectivity index (χ1) is 17.8. The maximum absolute atomic E-state index is 13.6. The zero-order valence-electron chi connectivity index (χ0n) is 20.4. The number of aliphatic carboxylic acids is 1. The van der Waals surface area contributed by atoms with E-state index in [1.165, 1.54) is 28.8 Å². The molecule has 188 valence electrons. The molecule has 0 saturated heterocycles. The van der Waals surface area contributed by atoms with Crippen LogP contribution < -0.4 is 5.56 Å². The second kappa shape index (κ2) is 9.97. The van der Waals surface area contributed by atoms with Gasteiger partial charge in [0.2, 0.25) is 0 Å². The Morgan fingerprint density at radius 2 is 1.84 bits per heavy atom. The Morgan fingerprint density at radius 1 is 1.08 bits per heavy atom. The van der Waals surface area contributed by atoms with Crippen LogP contribution in [-0.4, -0.2) is 26.3 Å². The molecule has 0 radical (unpaired) electrons. The van der Waals surface area contributed by atoms with Gasteiger partial charge >= 0.3 is 5.97 Å². The number of rotatable bonds is 8. The van der Waals surface area contributed by atoms with Crippen molar-refractivity contribution in [3.63, 3.8) is 0 Å². The zero-order chi connectivity index (χ0) is 26.0. The number of fused-ring (bicyclic) bond motifs is 1. The van der Waals surface area contributed by atoms with Gasteiger partial charge in [0.1, 0.15) is 11.6 Å². The molecule has 1 N–H and O–H groups in total. The van der Waals surface area contributed by atoms with Crippen LogP contribution in [0.4, 0.5) is 4.39 Å². The third-order valence-corrected chi connectivity index (χ3v) is 6.64. The van der Waals surface area contributed by atoms with Crippen LogP contribution in [0.15, 0.2) is 82.7 Å². The highest BCUT2D eigenvalue weighted by Gasteiger charge is 2.37. The number of aryl methyl sites for hydroxylation is 1. The van der Waals surface area contributed by atoms with Crippen molar-refractivity contribution in [1.29, 1.82) is 0 Å². The number of carboxylic acid groups (broad SMARTS) is 1. The number of unbranched alkanes of at least 4 members (excludes halogenated alkanes) is 1. The largest absolute Gasteiger partial charge is 0.481 e. The van der Waals surface area contributed by atoms with Gasteiger partial charge in [-0.05, 0) is 61.7 Å². The van der Waals surface area contributed by atoms with E-state index in [1.54, 1.807) is 6.07 Å². The summed E-state index contributed by atoms with van der Waals surface area (Å²) in [5.74, 6) is -0.778. The predicted octanol–water partition coefficient (Wildman–Crippen LogP) is 5.36. The van der Waals surface area contributed by atoms with Crippen molar-refractivity contribution in [2.24, 2.45) is 5.16 Å². The molecule has 37 heavy (non-hydrogen) atoms. The Morgan fingerprint density at radius 3 is 2.57 bits per heavy atom. The number of carboxylic acids is 1. The minimum absolute atomic E-state index is 0.0396. The third kappa shape index (κ3) is 5.00. The molecule has 2 heterocycles. The van der Waals surface area contributed by atoms with E-state index in [2.05, 4.69) is 5.16 Å².